The first-order valence-corrected chi connectivity index (χ1v) is 11.3. The van der Waals surface area contributed by atoms with E-state index in [2.05, 4.69) is 20.6 Å². The smallest absolute Gasteiger partial charge is 0.244 e. The molecule has 8 nitrogen and oxygen atoms in total. The van der Waals surface area contributed by atoms with Crippen molar-refractivity contribution >= 4 is 33.7 Å². The monoisotopic (exact) mass is 446 g/mol. The van der Waals surface area contributed by atoms with E-state index >= 15 is 0 Å². The van der Waals surface area contributed by atoms with Crippen molar-refractivity contribution in [3.63, 3.8) is 0 Å². The van der Waals surface area contributed by atoms with Crippen LogP contribution in [0.25, 0.3) is 5.69 Å². The molecule has 10 heteroatoms. The van der Waals surface area contributed by atoms with Crippen LogP contribution < -0.4 is 5.43 Å². The van der Waals surface area contributed by atoms with Gasteiger partial charge in [-0.3, -0.25) is 5.43 Å². The average molecular weight is 447 g/mol. The van der Waals surface area contributed by atoms with Crippen LogP contribution in [0.5, 0.6) is 0 Å². The van der Waals surface area contributed by atoms with Crippen LogP contribution in [0.1, 0.15) is 25.1 Å². The molecule has 0 radical (unpaired) electrons. The van der Waals surface area contributed by atoms with Gasteiger partial charge < -0.3 is 0 Å². The molecule has 158 valence electrons. The topological polar surface area (TPSA) is 92.5 Å². The van der Waals surface area contributed by atoms with Crippen LogP contribution >= 0.6 is 11.6 Å². The van der Waals surface area contributed by atoms with E-state index in [-0.39, 0.29) is 4.90 Å². The molecule has 0 saturated heterocycles. The zero-order chi connectivity index (χ0) is 21.7. The number of rotatable bonds is 8. The number of pyridine rings is 1. The zero-order valence-electron chi connectivity index (χ0n) is 16.9. The lowest BCUT2D eigenvalue weighted by Crippen LogP contribution is -2.30. The Balaban J connectivity index is 1.74. The number of sulfonamides is 1. The Hall–Kier alpha value is -2.75. The number of aryl methyl sites for hydroxylation is 1. The van der Waals surface area contributed by atoms with E-state index in [0.29, 0.717) is 29.6 Å². The molecule has 0 atom stereocenters. The van der Waals surface area contributed by atoms with Crippen LogP contribution in [-0.4, -0.2) is 46.8 Å². The van der Waals surface area contributed by atoms with Crippen LogP contribution in [-0.2, 0) is 10.0 Å². The summed E-state index contributed by atoms with van der Waals surface area (Å²) in [7, 11) is -3.54. The molecule has 0 aliphatic heterocycles. The van der Waals surface area contributed by atoms with Crippen LogP contribution in [0, 0.1) is 6.92 Å². The summed E-state index contributed by atoms with van der Waals surface area (Å²) in [5.74, 6) is 0.411. The molecule has 3 rings (SSSR count). The SMILES string of the molecule is CCN(CC)S(=O)(=O)c1ccc(N/N=C\c2c(C)nn(-c3ccccc3)c2Cl)nc1. The van der Waals surface area contributed by atoms with E-state index in [0.717, 1.165) is 11.4 Å². The molecular formula is C20H23ClN6O2S. The lowest BCUT2D eigenvalue weighted by atomic mass is 10.3. The first kappa shape index (κ1) is 21.9. The van der Waals surface area contributed by atoms with Gasteiger partial charge in [0, 0.05) is 19.3 Å². The molecule has 1 N–H and O–H groups in total. The van der Waals surface area contributed by atoms with Crippen LogP contribution in [0.3, 0.4) is 0 Å². The van der Waals surface area contributed by atoms with E-state index < -0.39 is 10.0 Å². The van der Waals surface area contributed by atoms with Crippen molar-refractivity contribution in [3.8, 4) is 5.69 Å². The van der Waals surface area contributed by atoms with E-state index in [4.69, 9.17) is 11.6 Å². The van der Waals surface area contributed by atoms with Crippen molar-refractivity contribution in [2.24, 2.45) is 5.10 Å². The molecule has 0 saturated carbocycles. The van der Waals surface area contributed by atoms with Crippen molar-refractivity contribution < 1.29 is 8.42 Å². The Morgan fingerprint density at radius 1 is 1.17 bits per heavy atom. The number of halogens is 1. The Bertz CT molecular complexity index is 1120. The van der Waals surface area contributed by atoms with Crippen molar-refractivity contribution in [3.05, 3.63) is 65.1 Å². The molecule has 1 aromatic carbocycles. The van der Waals surface area contributed by atoms with Crippen LogP contribution in [0.2, 0.25) is 5.15 Å². The van der Waals surface area contributed by atoms with E-state index in [1.165, 1.54) is 16.6 Å². The van der Waals surface area contributed by atoms with Gasteiger partial charge in [-0.15, -0.1) is 0 Å². The highest BCUT2D eigenvalue weighted by atomic mass is 35.5. The maximum Gasteiger partial charge on any atom is 0.244 e. The molecule has 0 aliphatic carbocycles. The molecule has 30 heavy (non-hydrogen) atoms. The van der Waals surface area contributed by atoms with Crippen molar-refractivity contribution in [1.29, 1.82) is 0 Å². The lowest BCUT2D eigenvalue weighted by Gasteiger charge is -2.18. The second-order valence-corrected chi connectivity index (χ2v) is 8.67. The van der Waals surface area contributed by atoms with Gasteiger partial charge in [0.2, 0.25) is 10.0 Å². The highest BCUT2D eigenvalue weighted by Gasteiger charge is 2.21. The number of nitrogens with zero attached hydrogens (tertiary/aromatic N) is 5. The summed E-state index contributed by atoms with van der Waals surface area (Å²) in [5.41, 5.74) is 5.04. The number of benzene rings is 1. The van der Waals surface area contributed by atoms with E-state index in [9.17, 15) is 8.42 Å². The van der Waals surface area contributed by atoms with Crippen molar-refractivity contribution in [2.45, 2.75) is 25.7 Å². The predicted octanol–water partition coefficient (Wildman–Crippen LogP) is 3.71. The van der Waals surface area contributed by atoms with Gasteiger partial charge in [0.15, 0.2) is 0 Å². The Morgan fingerprint density at radius 2 is 1.87 bits per heavy atom. The van der Waals surface area contributed by atoms with Gasteiger partial charge in [-0.1, -0.05) is 43.6 Å². The van der Waals surface area contributed by atoms with Gasteiger partial charge in [0.25, 0.3) is 0 Å². The highest BCUT2D eigenvalue weighted by molar-refractivity contribution is 7.89. The Kier molecular flexibility index (Phi) is 6.86. The van der Waals surface area contributed by atoms with Gasteiger partial charge in [-0.25, -0.2) is 18.1 Å². The Labute approximate surface area is 181 Å². The van der Waals surface area contributed by atoms with Gasteiger partial charge >= 0.3 is 0 Å². The van der Waals surface area contributed by atoms with Crippen molar-refractivity contribution in [2.75, 3.05) is 18.5 Å². The number of anilines is 1. The molecule has 0 spiro atoms. The maximum atomic E-state index is 12.5. The molecule has 0 unspecified atom stereocenters. The minimum atomic E-state index is -3.54. The third kappa shape index (κ3) is 4.53. The predicted molar refractivity (Wildman–Crippen MR) is 119 cm³/mol. The molecule has 2 heterocycles. The number of hydrogen-bond donors (Lipinski definition) is 1. The second-order valence-electron chi connectivity index (χ2n) is 6.38. The summed E-state index contributed by atoms with van der Waals surface area (Å²) in [6, 6.07) is 12.6. The fourth-order valence-electron chi connectivity index (χ4n) is 2.87. The summed E-state index contributed by atoms with van der Waals surface area (Å²) in [5, 5.41) is 9.06. The van der Waals surface area contributed by atoms with E-state index in [1.54, 1.807) is 30.8 Å². The molecular weight excluding hydrogens is 424 g/mol. The molecule has 2 aromatic heterocycles. The van der Waals surface area contributed by atoms with Gasteiger partial charge in [0.05, 0.1) is 23.2 Å². The third-order valence-corrected chi connectivity index (χ3v) is 6.90. The minimum Gasteiger partial charge on any atom is -0.261 e. The van der Waals surface area contributed by atoms with Gasteiger partial charge in [0.1, 0.15) is 15.9 Å². The third-order valence-electron chi connectivity index (χ3n) is 4.50. The summed E-state index contributed by atoms with van der Waals surface area (Å²) < 4.78 is 28.0. The van der Waals surface area contributed by atoms with Crippen LogP contribution in [0.4, 0.5) is 5.82 Å². The van der Waals surface area contributed by atoms with E-state index in [1.807, 2.05) is 37.3 Å². The molecule has 0 fully saturated rings. The zero-order valence-corrected chi connectivity index (χ0v) is 18.5. The number of para-hydroxylation sites is 1. The first-order chi connectivity index (χ1) is 14.4. The largest absolute Gasteiger partial charge is 0.261 e. The van der Waals surface area contributed by atoms with Gasteiger partial charge in [-0.05, 0) is 31.2 Å². The van der Waals surface area contributed by atoms with Crippen molar-refractivity contribution in [1.82, 2.24) is 19.1 Å². The quantitative estimate of drug-likeness (QED) is 0.420. The molecule has 0 amide bonds. The summed E-state index contributed by atoms with van der Waals surface area (Å²) in [6.45, 7) is 6.25. The second kappa shape index (κ2) is 9.38. The molecule has 0 bridgehead atoms. The fourth-order valence-corrected chi connectivity index (χ4v) is 4.60. The maximum absolute atomic E-state index is 12.5. The standard InChI is InChI=1S/C20H23ClN6O2S/c1-4-26(5-2)30(28,29)17-11-12-19(22-13-17)24-23-14-18-15(3)25-27(20(18)21)16-9-7-6-8-10-16/h6-14H,4-5H2,1-3H3,(H,22,24)/b23-14-. The molecule has 0 aliphatic rings. The van der Waals surface area contributed by atoms with Crippen LogP contribution in [0.15, 0.2) is 58.7 Å². The molecule has 3 aromatic rings. The summed E-state index contributed by atoms with van der Waals surface area (Å²) in [4.78, 5) is 4.28. The fraction of sp³-hybridized carbons (Fsp3) is 0.250. The highest BCUT2D eigenvalue weighted by Crippen LogP contribution is 2.22. The summed E-state index contributed by atoms with van der Waals surface area (Å²) in [6.07, 6.45) is 2.88. The average Bonchev–Trinajstić information content (AvgIpc) is 3.04. The first-order valence-electron chi connectivity index (χ1n) is 9.44. The summed E-state index contributed by atoms with van der Waals surface area (Å²) >= 11 is 6.47. The lowest BCUT2D eigenvalue weighted by molar-refractivity contribution is 0.445. The number of hydrazone groups is 1. The number of hydrogen-bond acceptors (Lipinski definition) is 6. The minimum absolute atomic E-state index is 0.142. The van der Waals surface area contributed by atoms with Gasteiger partial charge in [-0.2, -0.15) is 14.5 Å². The Morgan fingerprint density at radius 3 is 2.47 bits per heavy atom. The number of aromatic nitrogens is 3. The normalized spacial score (nSPS) is 12.0. The number of nitrogens with one attached hydrogen (secondary N) is 1.